The highest BCUT2D eigenvalue weighted by molar-refractivity contribution is 7.91. The molecule has 2 amide bonds. The van der Waals surface area contributed by atoms with Gasteiger partial charge in [0.1, 0.15) is 9.84 Å². The maximum absolute atomic E-state index is 13.3. The highest BCUT2D eigenvalue weighted by atomic mass is 32.2. The quantitative estimate of drug-likeness (QED) is 0.727. The molecule has 0 N–H and O–H groups in total. The molecule has 26 heavy (non-hydrogen) atoms. The summed E-state index contributed by atoms with van der Waals surface area (Å²) in [5, 5.41) is 0. The molecule has 0 aromatic rings. The zero-order chi connectivity index (χ0) is 18.4. The Morgan fingerprint density at radius 1 is 0.962 bits per heavy atom. The van der Waals surface area contributed by atoms with Gasteiger partial charge in [-0.15, -0.1) is 0 Å². The van der Waals surface area contributed by atoms with Gasteiger partial charge in [-0.25, -0.2) is 8.42 Å². The Morgan fingerprint density at radius 2 is 1.65 bits per heavy atom. The van der Waals surface area contributed by atoms with E-state index >= 15 is 0 Å². The van der Waals surface area contributed by atoms with Gasteiger partial charge in [-0.3, -0.25) is 9.59 Å². The first-order valence-electron chi connectivity index (χ1n) is 10.2. The molecule has 3 saturated heterocycles. The van der Waals surface area contributed by atoms with Crippen molar-refractivity contribution in [1.29, 1.82) is 0 Å². The van der Waals surface area contributed by atoms with E-state index in [4.69, 9.17) is 0 Å². The minimum atomic E-state index is -2.96. The SMILES string of the molecule is O=C(C1CCS(=O)(=O)CC1)N1CC[C@]2(CCCN(C3CCCC3)C2=O)C1. The number of carbonyl (C=O) groups is 2. The number of nitrogens with zero attached hydrogens (tertiary/aromatic N) is 2. The summed E-state index contributed by atoms with van der Waals surface area (Å²) < 4.78 is 23.2. The van der Waals surface area contributed by atoms with Crippen molar-refractivity contribution in [3.63, 3.8) is 0 Å². The Labute approximate surface area is 156 Å². The van der Waals surface area contributed by atoms with Crippen LogP contribution in [-0.4, -0.2) is 67.2 Å². The van der Waals surface area contributed by atoms with Gasteiger partial charge in [-0.1, -0.05) is 12.8 Å². The van der Waals surface area contributed by atoms with Gasteiger partial charge < -0.3 is 9.80 Å². The average molecular weight is 383 g/mol. The summed E-state index contributed by atoms with van der Waals surface area (Å²) in [4.78, 5) is 30.1. The summed E-state index contributed by atoms with van der Waals surface area (Å²) >= 11 is 0. The molecule has 0 aromatic carbocycles. The lowest BCUT2D eigenvalue weighted by molar-refractivity contribution is -0.149. The summed E-state index contributed by atoms with van der Waals surface area (Å²) in [7, 11) is -2.96. The molecule has 3 heterocycles. The van der Waals surface area contributed by atoms with Gasteiger partial charge in [0.25, 0.3) is 0 Å². The van der Waals surface area contributed by atoms with Crippen molar-refractivity contribution < 1.29 is 18.0 Å². The van der Waals surface area contributed by atoms with Gasteiger partial charge >= 0.3 is 0 Å². The van der Waals surface area contributed by atoms with E-state index in [2.05, 4.69) is 4.90 Å². The van der Waals surface area contributed by atoms with E-state index in [0.717, 1.165) is 38.6 Å². The van der Waals surface area contributed by atoms with Crippen molar-refractivity contribution in [2.45, 2.75) is 63.8 Å². The summed E-state index contributed by atoms with van der Waals surface area (Å²) in [5.41, 5.74) is -0.378. The van der Waals surface area contributed by atoms with Crippen LogP contribution in [0.1, 0.15) is 57.8 Å². The number of likely N-dealkylation sites (tertiary alicyclic amines) is 2. The van der Waals surface area contributed by atoms with Crippen LogP contribution in [0.5, 0.6) is 0 Å². The first kappa shape index (κ1) is 18.3. The van der Waals surface area contributed by atoms with E-state index in [1.54, 1.807) is 0 Å². The van der Waals surface area contributed by atoms with Crippen molar-refractivity contribution in [2.75, 3.05) is 31.1 Å². The largest absolute Gasteiger partial charge is 0.341 e. The zero-order valence-electron chi connectivity index (χ0n) is 15.5. The average Bonchev–Trinajstić information content (AvgIpc) is 3.28. The van der Waals surface area contributed by atoms with Crippen LogP contribution in [-0.2, 0) is 19.4 Å². The summed E-state index contributed by atoms with van der Waals surface area (Å²) in [6.45, 7) is 2.06. The van der Waals surface area contributed by atoms with Crippen LogP contribution in [0.2, 0.25) is 0 Å². The Bertz CT molecular complexity index is 672. The second-order valence-corrected chi connectivity index (χ2v) is 11.1. The van der Waals surface area contributed by atoms with E-state index in [1.807, 2.05) is 4.90 Å². The molecule has 4 fully saturated rings. The fraction of sp³-hybridized carbons (Fsp3) is 0.895. The summed E-state index contributed by atoms with van der Waals surface area (Å²) in [6, 6.07) is 0.410. The normalized spacial score (nSPS) is 33.3. The highest BCUT2D eigenvalue weighted by Crippen LogP contribution is 2.42. The van der Waals surface area contributed by atoms with Crippen molar-refractivity contribution >= 4 is 21.7 Å². The van der Waals surface area contributed by atoms with Crippen LogP contribution in [0.3, 0.4) is 0 Å². The molecule has 1 atom stereocenters. The molecule has 1 spiro atoms. The molecule has 0 unspecified atom stereocenters. The molecule has 3 aliphatic heterocycles. The molecule has 0 bridgehead atoms. The maximum atomic E-state index is 13.3. The molecular formula is C19H30N2O4S. The Kier molecular flexibility index (Phi) is 4.78. The van der Waals surface area contributed by atoms with Crippen LogP contribution in [0.25, 0.3) is 0 Å². The molecule has 6 nitrogen and oxygen atoms in total. The second kappa shape index (κ2) is 6.80. The Hall–Kier alpha value is -1.11. The third kappa shape index (κ3) is 3.27. The van der Waals surface area contributed by atoms with Crippen LogP contribution in [0.4, 0.5) is 0 Å². The monoisotopic (exact) mass is 382 g/mol. The first-order chi connectivity index (χ1) is 12.4. The van der Waals surface area contributed by atoms with Crippen molar-refractivity contribution in [3.05, 3.63) is 0 Å². The molecule has 1 aliphatic carbocycles. The maximum Gasteiger partial charge on any atom is 0.230 e. The molecule has 7 heteroatoms. The van der Waals surface area contributed by atoms with E-state index in [-0.39, 0.29) is 34.7 Å². The molecule has 4 rings (SSSR count). The number of sulfone groups is 1. The number of hydrogen-bond donors (Lipinski definition) is 0. The van der Waals surface area contributed by atoms with Crippen LogP contribution >= 0.6 is 0 Å². The van der Waals surface area contributed by atoms with Gasteiger partial charge in [-0.05, 0) is 44.9 Å². The van der Waals surface area contributed by atoms with Gasteiger partial charge in [-0.2, -0.15) is 0 Å². The minimum absolute atomic E-state index is 0.0718. The third-order valence-corrected chi connectivity index (χ3v) is 8.82. The predicted molar refractivity (Wildman–Crippen MR) is 98.2 cm³/mol. The molecule has 0 aromatic heterocycles. The fourth-order valence-corrected chi connectivity index (χ4v) is 6.99. The van der Waals surface area contributed by atoms with Crippen molar-refractivity contribution in [1.82, 2.24) is 9.80 Å². The fourth-order valence-electron chi connectivity index (χ4n) is 5.50. The van der Waals surface area contributed by atoms with Crippen molar-refractivity contribution in [2.24, 2.45) is 11.3 Å². The number of hydrogen-bond acceptors (Lipinski definition) is 4. The lowest BCUT2D eigenvalue weighted by Crippen LogP contribution is -2.53. The molecule has 4 aliphatic rings. The zero-order valence-corrected chi connectivity index (χ0v) is 16.3. The van der Waals surface area contributed by atoms with E-state index in [9.17, 15) is 18.0 Å². The number of piperidine rings is 1. The van der Waals surface area contributed by atoms with E-state index in [0.29, 0.717) is 32.0 Å². The first-order valence-corrected chi connectivity index (χ1v) is 12.0. The van der Waals surface area contributed by atoms with E-state index in [1.165, 1.54) is 12.8 Å². The Morgan fingerprint density at radius 3 is 2.35 bits per heavy atom. The standard InChI is InChI=1S/C19H30N2O4S/c22-17(15-6-12-26(24,25)13-7-15)20-11-9-19(14-20)8-3-10-21(18(19)23)16-4-1-2-5-16/h15-16H,1-14H2/t19-/m1/s1. The second-order valence-electron chi connectivity index (χ2n) is 8.76. The van der Waals surface area contributed by atoms with Gasteiger partial charge in [0.15, 0.2) is 0 Å². The molecule has 146 valence electrons. The van der Waals surface area contributed by atoms with Gasteiger partial charge in [0.05, 0.1) is 16.9 Å². The number of amides is 2. The topological polar surface area (TPSA) is 74.8 Å². The minimum Gasteiger partial charge on any atom is -0.341 e. The summed E-state index contributed by atoms with van der Waals surface area (Å²) in [6.07, 6.45) is 8.25. The highest BCUT2D eigenvalue weighted by Gasteiger charge is 2.51. The van der Waals surface area contributed by atoms with Gasteiger partial charge in [0.2, 0.25) is 11.8 Å². The molecular weight excluding hydrogens is 352 g/mol. The predicted octanol–water partition coefficient (Wildman–Crippen LogP) is 1.59. The number of rotatable bonds is 2. The lowest BCUT2D eigenvalue weighted by Gasteiger charge is -2.42. The molecule has 1 saturated carbocycles. The van der Waals surface area contributed by atoms with E-state index < -0.39 is 9.84 Å². The third-order valence-electron chi connectivity index (χ3n) is 7.10. The molecule has 0 radical (unpaired) electrons. The smallest absolute Gasteiger partial charge is 0.230 e. The van der Waals surface area contributed by atoms with Gasteiger partial charge in [0, 0.05) is 31.6 Å². The number of carbonyl (C=O) groups excluding carboxylic acids is 2. The Balaban J connectivity index is 1.42. The summed E-state index contributed by atoms with van der Waals surface area (Å²) in [5.74, 6) is 0.408. The van der Waals surface area contributed by atoms with Crippen LogP contribution in [0.15, 0.2) is 0 Å². The van der Waals surface area contributed by atoms with Crippen LogP contribution in [0, 0.1) is 11.3 Å². The van der Waals surface area contributed by atoms with Crippen molar-refractivity contribution in [3.8, 4) is 0 Å². The van der Waals surface area contributed by atoms with Crippen LogP contribution < -0.4 is 0 Å². The lowest BCUT2D eigenvalue weighted by atomic mass is 9.77.